The van der Waals surface area contributed by atoms with Crippen molar-refractivity contribution in [3.8, 4) is 6.07 Å². The summed E-state index contributed by atoms with van der Waals surface area (Å²) in [6, 6.07) is 13.3. The van der Waals surface area contributed by atoms with Crippen LogP contribution in [-0.2, 0) is 0 Å². The molecule has 0 aromatic heterocycles. The molecular formula is C15H11N3O3. The van der Waals surface area contributed by atoms with Crippen LogP contribution in [0.2, 0.25) is 0 Å². The third-order valence-corrected chi connectivity index (χ3v) is 3.11. The van der Waals surface area contributed by atoms with Gasteiger partial charge in [-0.05, 0) is 36.4 Å². The van der Waals surface area contributed by atoms with Gasteiger partial charge in [0, 0.05) is 24.5 Å². The molecule has 2 rings (SSSR count). The van der Waals surface area contributed by atoms with Gasteiger partial charge in [-0.2, -0.15) is 5.26 Å². The molecule has 0 fully saturated rings. The Morgan fingerprint density at radius 1 is 1.19 bits per heavy atom. The van der Waals surface area contributed by atoms with Gasteiger partial charge in [0.2, 0.25) is 0 Å². The van der Waals surface area contributed by atoms with Crippen LogP contribution in [0.5, 0.6) is 0 Å². The first-order chi connectivity index (χ1) is 10.1. The van der Waals surface area contributed by atoms with E-state index in [9.17, 15) is 14.9 Å². The molecule has 0 aliphatic heterocycles. The van der Waals surface area contributed by atoms with E-state index in [2.05, 4.69) is 0 Å². The predicted molar refractivity (Wildman–Crippen MR) is 77.7 cm³/mol. The smallest absolute Gasteiger partial charge is 0.280 e. The molecule has 21 heavy (non-hydrogen) atoms. The molecule has 0 saturated heterocycles. The lowest BCUT2D eigenvalue weighted by Crippen LogP contribution is -2.10. The Labute approximate surface area is 121 Å². The summed E-state index contributed by atoms with van der Waals surface area (Å²) < 4.78 is 0. The zero-order valence-corrected chi connectivity index (χ0v) is 11.2. The lowest BCUT2D eigenvalue weighted by atomic mass is 10.1. The lowest BCUT2D eigenvalue weighted by Gasteiger charge is -2.19. The average Bonchev–Trinajstić information content (AvgIpc) is 2.53. The number of nitriles is 1. The molecular weight excluding hydrogens is 270 g/mol. The van der Waals surface area contributed by atoms with Crippen LogP contribution in [0.4, 0.5) is 17.1 Å². The largest absolute Gasteiger partial charge is 0.345 e. The minimum Gasteiger partial charge on any atom is -0.345 e. The number of rotatable bonds is 4. The fraction of sp³-hybridized carbons (Fsp3) is 0.0667. The van der Waals surface area contributed by atoms with Gasteiger partial charge >= 0.3 is 0 Å². The molecule has 0 saturated carbocycles. The SMILES string of the molecule is CN(c1ccc(C#N)cc1)c1ccc([N+](=O)[O-])c(C=O)c1. The van der Waals surface area contributed by atoms with Gasteiger partial charge in [-0.15, -0.1) is 0 Å². The van der Waals surface area contributed by atoms with Crippen LogP contribution in [0.1, 0.15) is 15.9 Å². The van der Waals surface area contributed by atoms with Crippen LogP contribution < -0.4 is 4.90 Å². The minimum atomic E-state index is -0.588. The number of nitro benzene ring substituents is 1. The molecule has 0 aliphatic carbocycles. The van der Waals surface area contributed by atoms with Crippen molar-refractivity contribution in [2.24, 2.45) is 0 Å². The van der Waals surface area contributed by atoms with E-state index in [0.29, 0.717) is 17.5 Å². The highest BCUT2D eigenvalue weighted by molar-refractivity contribution is 5.84. The second-order valence-electron chi connectivity index (χ2n) is 4.34. The molecule has 104 valence electrons. The average molecular weight is 281 g/mol. The van der Waals surface area contributed by atoms with Gasteiger partial charge in [-0.25, -0.2) is 0 Å². The zero-order chi connectivity index (χ0) is 15.4. The van der Waals surface area contributed by atoms with Gasteiger partial charge < -0.3 is 4.90 Å². The van der Waals surface area contributed by atoms with E-state index in [1.807, 2.05) is 6.07 Å². The van der Waals surface area contributed by atoms with Crippen LogP contribution in [0, 0.1) is 21.4 Å². The van der Waals surface area contributed by atoms with E-state index in [1.165, 1.54) is 12.1 Å². The van der Waals surface area contributed by atoms with Gasteiger partial charge in [0.05, 0.1) is 22.1 Å². The Kier molecular flexibility index (Phi) is 3.95. The lowest BCUT2D eigenvalue weighted by molar-refractivity contribution is -0.385. The summed E-state index contributed by atoms with van der Waals surface area (Å²) in [6.07, 6.45) is 0.467. The maximum absolute atomic E-state index is 11.0. The standard InChI is InChI=1S/C15H11N3O3/c1-17(13-4-2-11(9-16)3-5-13)14-6-7-15(18(20)21)12(8-14)10-19/h2-8,10H,1H3. The highest BCUT2D eigenvalue weighted by atomic mass is 16.6. The number of nitro groups is 1. The van der Waals surface area contributed by atoms with Gasteiger partial charge in [-0.3, -0.25) is 14.9 Å². The summed E-state index contributed by atoms with van der Waals surface area (Å²) in [5.41, 5.74) is 1.80. The normalized spacial score (nSPS) is 9.71. The number of benzene rings is 2. The van der Waals surface area contributed by atoms with Gasteiger partial charge in [-0.1, -0.05) is 0 Å². The summed E-state index contributed by atoms with van der Waals surface area (Å²) in [6.45, 7) is 0. The molecule has 0 amide bonds. The Balaban J connectivity index is 2.38. The van der Waals surface area contributed by atoms with Gasteiger partial charge in [0.15, 0.2) is 6.29 Å². The summed E-state index contributed by atoms with van der Waals surface area (Å²) >= 11 is 0. The number of hydrogen-bond donors (Lipinski definition) is 0. The second kappa shape index (κ2) is 5.84. The highest BCUT2D eigenvalue weighted by Gasteiger charge is 2.15. The van der Waals surface area contributed by atoms with E-state index in [4.69, 9.17) is 5.26 Å². The van der Waals surface area contributed by atoms with Crippen molar-refractivity contribution in [3.63, 3.8) is 0 Å². The first-order valence-electron chi connectivity index (χ1n) is 6.04. The molecule has 0 aliphatic rings. The molecule has 2 aromatic carbocycles. The molecule has 0 atom stereocenters. The van der Waals surface area contributed by atoms with Crippen molar-refractivity contribution in [3.05, 3.63) is 63.7 Å². The fourth-order valence-corrected chi connectivity index (χ4v) is 1.92. The molecule has 0 unspecified atom stereocenters. The van der Waals surface area contributed by atoms with Crippen molar-refractivity contribution >= 4 is 23.3 Å². The van der Waals surface area contributed by atoms with E-state index in [1.54, 1.807) is 42.3 Å². The van der Waals surface area contributed by atoms with Crippen LogP contribution in [0.3, 0.4) is 0 Å². The maximum atomic E-state index is 11.0. The number of carbonyl (C=O) groups excluding carboxylic acids is 1. The summed E-state index contributed by atoms with van der Waals surface area (Å²) in [5, 5.41) is 19.6. The van der Waals surface area contributed by atoms with Crippen LogP contribution in [0.15, 0.2) is 42.5 Å². The third-order valence-electron chi connectivity index (χ3n) is 3.11. The molecule has 0 heterocycles. The van der Waals surface area contributed by atoms with Gasteiger partial charge in [0.1, 0.15) is 0 Å². The van der Waals surface area contributed by atoms with Crippen molar-refractivity contribution in [2.75, 3.05) is 11.9 Å². The van der Waals surface area contributed by atoms with E-state index in [-0.39, 0.29) is 11.3 Å². The zero-order valence-electron chi connectivity index (χ0n) is 11.2. The first kappa shape index (κ1) is 14.2. The number of carbonyl (C=O) groups is 1. The number of nitrogens with zero attached hydrogens (tertiary/aromatic N) is 3. The Bertz CT molecular complexity index is 733. The highest BCUT2D eigenvalue weighted by Crippen LogP contribution is 2.28. The number of aldehydes is 1. The van der Waals surface area contributed by atoms with Crippen LogP contribution in [0.25, 0.3) is 0 Å². The topological polar surface area (TPSA) is 87.2 Å². The molecule has 6 heteroatoms. The monoisotopic (exact) mass is 281 g/mol. The Morgan fingerprint density at radius 2 is 1.81 bits per heavy atom. The number of hydrogen-bond acceptors (Lipinski definition) is 5. The molecule has 0 spiro atoms. The minimum absolute atomic E-state index is 0.0259. The molecule has 6 nitrogen and oxygen atoms in total. The quantitative estimate of drug-likeness (QED) is 0.488. The van der Waals surface area contributed by atoms with Crippen molar-refractivity contribution in [1.29, 1.82) is 5.26 Å². The molecule has 0 bridgehead atoms. The Morgan fingerprint density at radius 3 is 2.33 bits per heavy atom. The van der Waals surface area contributed by atoms with Crippen molar-refractivity contribution in [2.45, 2.75) is 0 Å². The van der Waals surface area contributed by atoms with Gasteiger partial charge in [0.25, 0.3) is 5.69 Å². The maximum Gasteiger partial charge on any atom is 0.280 e. The fourth-order valence-electron chi connectivity index (χ4n) is 1.92. The Hall–Kier alpha value is -3.20. The predicted octanol–water partition coefficient (Wildman–Crippen LogP) is 3.05. The van der Waals surface area contributed by atoms with Crippen molar-refractivity contribution in [1.82, 2.24) is 0 Å². The first-order valence-corrected chi connectivity index (χ1v) is 6.04. The summed E-state index contributed by atoms with van der Waals surface area (Å²) in [7, 11) is 1.77. The van der Waals surface area contributed by atoms with Crippen LogP contribution in [-0.4, -0.2) is 18.3 Å². The summed E-state index contributed by atoms with van der Waals surface area (Å²) in [5.74, 6) is 0. The summed E-state index contributed by atoms with van der Waals surface area (Å²) in [4.78, 5) is 23.0. The molecule has 0 radical (unpaired) electrons. The van der Waals surface area contributed by atoms with Crippen molar-refractivity contribution < 1.29 is 9.72 Å². The van der Waals surface area contributed by atoms with E-state index in [0.717, 1.165) is 5.69 Å². The van der Waals surface area contributed by atoms with E-state index < -0.39 is 4.92 Å². The number of anilines is 2. The molecule has 0 N–H and O–H groups in total. The van der Waals surface area contributed by atoms with Crippen LogP contribution >= 0.6 is 0 Å². The third kappa shape index (κ3) is 2.87. The van der Waals surface area contributed by atoms with E-state index >= 15 is 0 Å². The second-order valence-corrected chi connectivity index (χ2v) is 4.34. The molecule has 2 aromatic rings.